The van der Waals surface area contributed by atoms with E-state index in [-0.39, 0.29) is 16.3 Å². The molecule has 1 saturated heterocycles. The number of rotatable bonds is 10. The molecule has 2 aromatic carbocycles. The summed E-state index contributed by atoms with van der Waals surface area (Å²) in [5.74, 6) is 0.627. The molecule has 1 saturated carbocycles. The summed E-state index contributed by atoms with van der Waals surface area (Å²) in [6, 6.07) is 13.5. The minimum Gasteiger partial charge on any atom is -0.349 e. The van der Waals surface area contributed by atoms with Crippen LogP contribution in [0, 0.1) is 5.82 Å². The molecule has 2 atom stereocenters. The maximum atomic E-state index is 13.5. The van der Waals surface area contributed by atoms with Crippen LogP contribution < -0.4 is 21.1 Å². The number of sulfonamides is 1. The van der Waals surface area contributed by atoms with E-state index >= 15 is 0 Å². The molecule has 9 nitrogen and oxygen atoms in total. The largest absolute Gasteiger partial charge is 0.349 e. The van der Waals surface area contributed by atoms with E-state index in [4.69, 9.17) is 4.98 Å². The quantitative estimate of drug-likeness (QED) is 0.371. The van der Waals surface area contributed by atoms with E-state index in [1.54, 1.807) is 22.9 Å². The van der Waals surface area contributed by atoms with E-state index in [2.05, 4.69) is 10.6 Å². The Kier molecular flexibility index (Phi) is 8.13. The smallest absolute Gasteiger partial charge is 0.298 e. The molecule has 2 fully saturated rings. The van der Waals surface area contributed by atoms with E-state index in [0.717, 1.165) is 43.7 Å². The number of nitrogens with zero attached hydrogens (tertiary/aromatic N) is 4. The molecule has 3 aromatic rings. The Bertz CT molecular complexity index is 1450. The average molecular weight is 555 g/mol. The van der Waals surface area contributed by atoms with E-state index < -0.39 is 10.0 Å². The minimum absolute atomic E-state index is 0.172. The van der Waals surface area contributed by atoms with Gasteiger partial charge < -0.3 is 15.5 Å². The lowest BCUT2D eigenvalue weighted by molar-refractivity contribution is 0.520. The molecule has 39 heavy (non-hydrogen) atoms. The van der Waals surface area contributed by atoms with Crippen molar-refractivity contribution in [1.82, 2.24) is 24.5 Å². The summed E-state index contributed by atoms with van der Waals surface area (Å²) >= 11 is 0. The second-order valence-corrected chi connectivity index (χ2v) is 12.5. The van der Waals surface area contributed by atoms with Gasteiger partial charge in [-0.15, -0.1) is 0 Å². The van der Waals surface area contributed by atoms with Gasteiger partial charge in [0.25, 0.3) is 5.56 Å². The molecular formula is C28H35FN6O3S. The molecule has 0 radical (unpaired) electrons. The highest BCUT2D eigenvalue weighted by Crippen LogP contribution is 2.40. The van der Waals surface area contributed by atoms with Crippen molar-refractivity contribution in [2.45, 2.75) is 36.1 Å². The molecule has 0 amide bonds. The number of anilines is 1. The monoisotopic (exact) mass is 554 g/mol. The van der Waals surface area contributed by atoms with Crippen LogP contribution in [-0.2, 0) is 16.4 Å². The highest BCUT2D eigenvalue weighted by atomic mass is 32.2. The molecule has 11 heteroatoms. The van der Waals surface area contributed by atoms with Gasteiger partial charge in [0.15, 0.2) is 5.82 Å². The van der Waals surface area contributed by atoms with E-state index in [1.165, 1.54) is 42.7 Å². The van der Waals surface area contributed by atoms with Gasteiger partial charge in [0.1, 0.15) is 5.82 Å². The standard InChI is InChI=1S/C28H35FN6O3S/c1-33(2)39(37,38)24-11-9-23(10-12-24)35-19-22(32-27(28(35)36)34-16-14-30-15-17-34)4-3-13-31-26-18-25(26)20-5-7-21(29)8-6-20/h5-12,19,25-26,30-31H,3-4,13-18H2,1-2H3/t25-,26?/m0/s1. The third kappa shape index (κ3) is 6.22. The molecule has 2 aliphatic rings. The van der Waals surface area contributed by atoms with Crippen LogP contribution in [0.4, 0.5) is 10.2 Å². The van der Waals surface area contributed by atoms with Crippen molar-refractivity contribution in [3.8, 4) is 5.69 Å². The number of piperazine rings is 1. The van der Waals surface area contributed by atoms with Crippen molar-refractivity contribution in [3.63, 3.8) is 0 Å². The Balaban J connectivity index is 1.31. The van der Waals surface area contributed by atoms with Crippen LogP contribution in [0.2, 0.25) is 0 Å². The Morgan fingerprint density at radius 2 is 1.77 bits per heavy atom. The number of hydrogen-bond acceptors (Lipinski definition) is 7. The predicted molar refractivity (Wildman–Crippen MR) is 150 cm³/mol. The summed E-state index contributed by atoms with van der Waals surface area (Å²) in [4.78, 5) is 20.5. The molecule has 2 heterocycles. The molecular weight excluding hydrogens is 519 g/mol. The first-order chi connectivity index (χ1) is 18.7. The third-order valence-corrected chi connectivity index (χ3v) is 9.18. The van der Waals surface area contributed by atoms with Gasteiger partial charge in [-0.05, 0) is 67.8 Å². The molecule has 1 unspecified atom stereocenters. The minimum atomic E-state index is -3.57. The second kappa shape index (κ2) is 11.5. The highest BCUT2D eigenvalue weighted by molar-refractivity contribution is 7.89. The predicted octanol–water partition coefficient (Wildman–Crippen LogP) is 2.11. The van der Waals surface area contributed by atoms with E-state index in [1.807, 2.05) is 17.0 Å². The lowest BCUT2D eigenvalue weighted by Gasteiger charge is -2.28. The number of aromatic nitrogens is 2. The summed E-state index contributed by atoms with van der Waals surface area (Å²) < 4.78 is 40.9. The van der Waals surface area contributed by atoms with Crippen molar-refractivity contribution in [2.75, 3.05) is 51.7 Å². The molecule has 208 valence electrons. The summed E-state index contributed by atoms with van der Waals surface area (Å²) in [6.07, 6.45) is 4.34. The van der Waals surface area contributed by atoms with Crippen LogP contribution in [0.5, 0.6) is 0 Å². The second-order valence-electron chi connectivity index (χ2n) is 10.3. The van der Waals surface area contributed by atoms with Crippen molar-refractivity contribution < 1.29 is 12.8 Å². The molecule has 0 spiro atoms. The van der Waals surface area contributed by atoms with Crippen LogP contribution >= 0.6 is 0 Å². The van der Waals surface area contributed by atoms with Gasteiger partial charge >= 0.3 is 0 Å². The molecule has 2 N–H and O–H groups in total. The highest BCUT2D eigenvalue weighted by Gasteiger charge is 2.37. The number of nitrogens with one attached hydrogen (secondary N) is 2. The summed E-state index contributed by atoms with van der Waals surface area (Å²) in [5, 5.41) is 6.89. The Morgan fingerprint density at radius 1 is 1.08 bits per heavy atom. The fourth-order valence-electron chi connectivity index (χ4n) is 4.97. The van der Waals surface area contributed by atoms with Crippen LogP contribution in [0.25, 0.3) is 5.69 Å². The van der Waals surface area contributed by atoms with Crippen molar-refractivity contribution in [3.05, 3.63) is 82.2 Å². The van der Waals surface area contributed by atoms with Gasteiger partial charge in [0.2, 0.25) is 10.0 Å². The van der Waals surface area contributed by atoms with Crippen LogP contribution in [0.1, 0.15) is 30.0 Å². The van der Waals surface area contributed by atoms with Crippen molar-refractivity contribution in [2.24, 2.45) is 0 Å². The zero-order chi connectivity index (χ0) is 27.6. The van der Waals surface area contributed by atoms with Gasteiger partial charge in [-0.1, -0.05) is 12.1 Å². The van der Waals surface area contributed by atoms with E-state index in [0.29, 0.717) is 43.0 Å². The van der Waals surface area contributed by atoms with Crippen molar-refractivity contribution in [1.29, 1.82) is 0 Å². The molecule has 0 bridgehead atoms. The molecule has 1 aliphatic carbocycles. The van der Waals surface area contributed by atoms with Gasteiger partial charge in [-0.25, -0.2) is 22.1 Å². The molecule has 1 aliphatic heterocycles. The third-order valence-electron chi connectivity index (χ3n) is 7.35. The maximum Gasteiger partial charge on any atom is 0.298 e. The van der Waals surface area contributed by atoms with Gasteiger partial charge in [-0.2, -0.15) is 0 Å². The van der Waals surface area contributed by atoms with Crippen molar-refractivity contribution >= 4 is 15.8 Å². The molecule has 5 rings (SSSR count). The van der Waals surface area contributed by atoms with Gasteiger partial charge in [-0.3, -0.25) is 9.36 Å². The zero-order valence-electron chi connectivity index (χ0n) is 22.3. The fourth-order valence-corrected chi connectivity index (χ4v) is 5.87. The first-order valence-corrected chi connectivity index (χ1v) is 14.8. The Labute approximate surface area is 228 Å². The zero-order valence-corrected chi connectivity index (χ0v) is 23.1. The topological polar surface area (TPSA) is 99.6 Å². The SMILES string of the molecule is CN(C)S(=O)(=O)c1ccc(-n2cc(CCCNC3C[C@H]3c3ccc(F)cc3)nc(N3CCNCC3)c2=O)cc1. The lowest BCUT2D eigenvalue weighted by atomic mass is 10.1. The number of benzene rings is 2. The Morgan fingerprint density at radius 3 is 2.44 bits per heavy atom. The van der Waals surface area contributed by atoms with E-state index in [9.17, 15) is 17.6 Å². The number of hydrogen-bond donors (Lipinski definition) is 2. The van der Waals surface area contributed by atoms with Crippen LogP contribution in [0.15, 0.2) is 64.4 Å². The Hall–Kier alpha value is -3.12. The number of aryl methyl sites for hydroxylation is 1. The van der Waals surface area contributed by atoms with Gasteiger partial charge in [0, 0.05) is 64.1 Å². The fraction of sp³-hybridized carbons (Fsp3) is 0.429. The van der Waals surface area contributed by atoms with Crippen LogP contribution in [-0.4, -0.2) is 75.1 Å². The maximum absolute atomic E-state index is 13.5. The first-order valence-electron chi connectivity index (χ1n) is 13.3. The lowest BCUT2D eigenvalue weighted by Crippen LogP contribution is -2.46. The summed E-state index contributed by atoms with van der Waals surface area (Å²) in [5.41, 5.74) is 2.34. The summed E-state index contributed by atoms with van der Waals surface area (Å²) in [6.45, 7) is 3.76. The number of halogens is 1. The van der Waals surface area contributed by atoms with Crippen LogP contribution in [0.3, 0.4) is 0 Å². The van der Waals surface area contributed by atoms with Gasteiger partial charge in [0.05, 0.1) is 10.6 Å². The normalized spacial score (nSPS) is 19.4. The first kappa shape index (κ1) is 27.4. The summed E-state index contributed by atoms with van der Waals surface area (Å²) in [7, 11) is -0.586. The average Bonchev–Trinajstić information content (AvgIpc) is 3.72. The molecule has 1 aromatic heterocycles.